The van der Waals surface area contributed by atoms with Crippen LogP contribution in [0.1, 0.15) is 35.9 Å². The molecular weight excluding hydrogens is 368 g/mol. The first-order valence-electron chi connectivity index (χ1n) is 8.68. The van der Waals surface area contributed by atoms with E-state index in [0.717, 1.165) is 31.0 Å². The van der Waals surface area contributed by atoms with E-state index in [9.17, 15) is 9.59 Å². The van der Waals surface area contributed by atoms with Gasteiger partial charge in [0.1, 0.15) is 11.5 Å². The number of halogens is 1. The molecule has 2 heterocycles. The van der Waals surface area contributed by atoms with Gasteiger partial charge in [0.05, 0.1) is 0 Å². The second-order valence-electron chi connectivity index (χ2n) is 6.46. The van der Waals surface area contributed by atoms with E-state index in [-0.39, 0.29) is 18.1 Å². The number of nitrogens with zero attached hydrogens (tertiary/aromatic N) is 2. The molecule has 1 aromatic heterocycles. The van der Waals surface area contributed by atoms with Crippen molar-refractivity contribution in [2.45, 2.75) is 36.3 Å². The van der Waals surface area contributed by atoms with E-state index >= 15 is 0 Å². The van der Waals surface area contributed by atoms with Crippen molar-refractivity contribution < 1.29 is 9.59 Å². The first-order valence-corrected chi connectivity index (χ1v) is 9.94. The van der Waals surface area contributed by atoms with Gasteiger partial charge in [-0.05, 0) is 56.2 Å². The quantitative estimate of drug-likeness (QED) is 0.767. The lowest BCUT2D eigenvalue weighted by Crippen LogP contribution is -2.39. The van der Waals surface area contributed by atoms with Gasteiger partial charge in [-0.1, -0.05) is 17.7 Å². The summed E-state index contributed by atoms with van der Waals surface area (Å²) in [5, 5.41) is 1.24. The minimum absolute atomic E-state index is 0.0436. The number of thioether (sulfide) groups is 1. The molecule has 0 aliphatic carbocycles. The fourth-order valence-electron chi connectivity index (χ4n) is 3.00. The van der Waals surface area contributed by atoms with Crippen LogP contribution in [0.2, 0.25) is 5.02 Å². The van der Waals surface area contributed by atoms with Crippen molar-refractivity contribution in [1.82, 2.24) is 9.88 Å². The number of aromatic nitrogens is 1. The van der Waals surface area contributed by atoms with Crippen molar-refractivity contribution in [1.29, 1.82) is 0 Å². The summed E-state index contributed by atoms with van der Waals surface area (Å²) >= 11 is 7.77. The molecule has 1 aliphatic heterocycles. The van der Waals surface area contributed by atoms with Gasteiger partial charge in [-0.3, -0.25) is 9.59 Å². The van der Waals surface area contributed by atoms with E-state index in [1.807, 2.05) is 40.9 Å². The number of carbonyl (C=O) groups is 2. The SMILES string of the molecule is CC(=O)Cc1cccc(C(=O)N2CCC(Sc3ccc(Cl)cc3)CC2)n1. The first kappa shape index (κ1) is 18.9. The van der Waals surface area contributed by atoms with Gasteiger partial charge in [0.15, 0.2) is 0 Å². The second-order valence-corrected chi connectivity index (χ2v) is 8.27. The molecule has 0 unspecified atom stereocenters. The highest BCUT2D eigenvalue weighted by molar-refractivity contribution is 8.00. The third-order valence-corrected chi connectivity index (χ3v) is 5.90. The number of piperidine rings is 1. The third-order valence-electron chi connectivity index (χ3n) is 4.30. The summed E-state index contributed by atoms with van der Waals surface area (Å²) in [6.07, 6.45) is 2.17. The van der Waals surface area contributed by atoms with Crippen LogP contribution in [0.3, 0.4) is 0 Å². The molecule has 1 fully saturated rings. The maximum absolute atomic E-state index is 12.7. The van der Waals surface area contributed by atoms with Crippen LogP contribution in [0.4, 0.5) is 0 Å². The van der Waals surface area contributed by atoms with Crippen molar-refractivity contribution in [3.63, 3.8) is 0 Å². The van der Waals surface area contributed by atoms with Crippen LogP contribution in [0.5, 0.6) is 0 Å². The lowest BCUT2D eigenvalue weighted by molar-refractivity contribution is -0.116. The van der Waals surface area contributed by atoms with Crippen LogP contribution in [-0.2, 0) is 11.2 Å². The number of pyridine rings is 1. The Morgan fingerprint density at radius 3 is 2.50 bits per heavy atom. The van der Waals surface area contributed by atoms with E-state index in [0.29, 0.717) is 16.6 Å². The van der Waals surface area contributed by atoms with Crippen molar-refractivity contribution >= 4 is 35.1 Å². The molecule has 136 valence electrons. The zero-order valence-corrected chi connectivity index (χ0v) is 16.2. The topological polar surface area (TPSA) is 50.3 Å². The van der Waals surface area contributed by atoms with Gasteiger partial charge in [-0.2, -0.15) is 0 Å². The predicted molar refractivity (Wildman–Crippen MR) is 105 cm³/mol. The van der Waals surface area contributed by atoms with Crippen molar-refractivity contribution in [2.24, 2.45) is 0 Å². The molecule has 0 atom stereocenters. The Kier molecular flexibility index (Phi) is 6.33. The molecule has 2 aromatic rings. The van der Waals surface area contributed by atoms with Crippen molar-refractivity contribution in [3.8, 4) is 0 Å². The number of likely N-dealkylation sites (tertiary alicyclic amines) is 1. The molecule has 6 heteroatoms. The number of benzene rings is 1. The predicted octanol–water partition coefficient (Wildman–Crippen LogP) is 4.26. The Morgan fingerprint density at radius 2 is 1.85 bits per heavy atom. The summed E-state index contributed by atoms with van der Waals surface area (Å²) in [5.41, 5.74) is 1.07. The molecule has 0 radical (unpaired) electrons. The van der Waals surface area contributed by atoms with Gasteiger partial charge in [-0.25, -0.2) is 4.98 Å². The van der Waals surface area contributed by atoms with Crippen molar-refractivity contribution in [3.05, 3.63) is 58.9 Å². The van der Waals surface area contributed by atoms with Gasteiger partial charge < -0.3 is 4.90 Å². The normalized spacial score (nSPS) is 15.1. The minimum Gasteiger partial charge on any atom is -0.337 e. The fourth-order valence-corrected chi connectivity index (χ4v) is 4.25. The number of hydrogen-bond donors (Lipinski definition) is 0. The maximum Gasteiger partial charge on any atom is 0.272 e. The van der Waals surface area contributed by atoms with Gasteiger partial charge in [0, 0.05) is 40.4 Å². The van der Waals surface area contributed by atoms with Gasteiger partial charge in [-0.15, -0.1) is 11.8 Å². The molecule has 0 spiro atoms. The van der Waals surface area contributed by atoms with E-state index in [4.69, 9.17) is 11.6 Å². The first-order chi connectivity index (χ1) is 12.5. The van der Waals surface area contributed by atoms with E-state index in [2.05, 4.69) is 4.98 Å². The Hall–Kier alpha value is -1.85. The monoisotopic (exact) mass is 388 g/mol. The fraction of sp³-hybridized carbons (Fsp3) is 0.350. The second kappa shape index (κ2) is 8.69. The largest absolute Gasteiger partial charge is 0.337 e. The Morgan fingerprint density at radius 1 is 1.15 bits per heavy atom. The Balaban J connectivity index is 1.56. The van der Waals surface area contributed by atoms with Gasteiger partial charge in [0.2, 0.25) is 0 Å². The zero-order chi connectivity index (χ0) is 18.5. The molecular formula is C20H21ClN2O2S. The molecule has 1 amide bonds. The van der Waals surface area contributed by atoms with Crippen LogP contribution in [-0.4, -0.2) is 39.9 Å². The van der Waals surface area contributed by atoms with Crippen LogP contribution in [0, 0.1) is 0 Å². The van der Waals surface area contributed by atoms with Crippen LogP contribution in [0.15, 0.2) is 47.4 Å². The highest BCUT2D eigenvalue weighted by atomic mass is 35.5. The Bertz CT molecular complexity index is 787. The van der Waals surface area contributed by atoms with Crippen LogP contribution in [0.25, 0.3) is 0 Å². The molecule has 0 saturated carbocycles. The van der Waals surface area contributed by atoms with Gasteiger partial charge in [0.25, 0.3) is 5.91 Å². The van der Waals surface area contributed by atoms with E-state index in [1.165, 1.54) is 11.8 Å². The number of hydrogen-bond acceptors (Lipinski definition) is 4. The van der Waals surface area contributed by atoms with E-state index in [1.54, 1.807) is 18.2 Å². The standard InChI is InChI=1S/C20H21ClN2O2S/c1-14(24)13-16-3-2-4-19(22-16)20(25)23-11-9-18(10-12-23)26-17-7-5-15(21)6-8-17/h2-8,18H,9-13H2,1H3. The summed E-state index contributed by atoms with van der Waals surface area (Å²) in [4.78, 5) is 31.4. The molecule has 26 heavy (non-hydrogen) atoms. The summed E-state index contributed by atoms with van der Waals surface area (Å²) in [7, 11) is 0. The zero-order valence-electron chi connectivity index (χ0n) is 14.7. The smallest absolute Gasteiger partial charge is 0.272 e. The molecule has 1 aliphatic rings. The highest BCUT2D eigenvalue weighted by Gasteiger charge is 2.25. The van der Waals surface area contributed by atoms with Gasteiger partial charge >= 0.3 is 0 Å². The number of amides is 1. The molecule has 0 bridgehead atoms. The molecule has 1 aromatic carbocycles. The average molecular weight is 389 g/mol. The number of Topliss-reactive ketones (excluding diaryl/α,β-unsaturated/α-hetero) is 1. The molecule has 1 saturated heterocycles. The summed E-state index contributed by atoms with van der Waals surface area (Å²) in [6.45, 7) is 2.98. The summed E-state index contributed by atoms with van der Waals surface area (Å²) in [6, 6.07) is 13.2. The molecule has 4 nitrogen and oxygen atoms in total. The van der Waals surface area contributed by atoms with Crippen molar-refractivity contribution in [2.75, 3.05) is 13.1 Å². The van der Waals surface area contributed by atoms with E-state index < -0.39 is 0 Å². The molecule has 0 N–H and O–H groups in total. The minimum atomic E-state index is -0.0506. The molecule has 3 rings (SSSR count). The number of carbonyl (C=O) groups excluding carboxylic acids is 2. The maximum atomic E-state index is 12.7. The summed E-state index contributed by atoms with van der Waals surface area (Å²) in [5.74, 6) is -0.00696. The third kappa shape index (κ3) is 5.08. The van der Waals surface area contributed by atoms with Crippen LogP contribution < -0.4 is 0 Å². The lowest BCUT2D eigenvalue weighted by Gasteiger charge is -2.31. The Labute approximate surface area is 162 Å². The lowest BCUT2D eigenvalue weighted by atomic mass is 10.1. The number of rotatable bonds is 5. The summed E-state index contributed by atoms with van der Waals surface area (Å²) < 4.78 is 0. The average Bonchev–Trinajstić information content (AvgIpc) is 2.63. The number of ketones is 1. The van der Waals surface area contributed by atoms with Crippen LogP contribution >= 0.6 is 23.4 Å². The highest BCUT2D eigenvalue weighted by Crippen LogP contribution is 2.31.